The summed E-state index contributed by atoms with van der Waals surface area (Å²) in [6.45, 7) is 2.25. The summed E-state index contributed by atoms with van der Waals surface area (Å²) in [7, 11) is -4.57. The fourth-order valence-electron chi connectivity index (χ4n) is 3.98. The third kappa shape index (κ3) is 14.3. The van der Waals surface area contributed by atoms with Crippen LogP contribution in [0.1, 0.15) is 115 Å². The summed E-state index contributed by atoms with van der Waals surface area (Å²) in [6.07, 6.45) is 20.3. The van der Waals surface area contributed by atoms with E-state index in [1.54, 1.807) is 0 Å². The molecule has 0 aliphatic carbocycles. The SMILES string of the molecule is CCCCCCCCCCCCCCCCCCc1c(O)ccc(O)c1S(=O)(=O)O.[KH]. The van der Waals surface area contributed by atoms with Crippen LogP contribution < -0.4 is 0 Å². The van der Waals surface area contributed by atoms with Crippen molar-refractivity contribution in [3.63, 3.8) is 0 Å². The van der Waals surface area contributed by atoms with Crippen molar-refractivity contribution in [2.45, 2.75) is 121 Å². The average Bonchev–Trinajstić information content (AvgIpc) is 2.69. The van der Waals surface area contributed by atoms with Gasteiger partial charge in [-0.15, -0.1) is 0 Å². The molecule has 176 valence electrons. The third-order valence-corrected chi connectivity index (χ3v) is 6.72. The van der Waals surface area contributed by atoms with Gasteiger partial charge in [-0.25, -0.2) is 0 Å². The van der Waals surface area contributed by atoms with Gasteiger partial charge in [-0.05, 0) is 25.0 Å². The first-order chi connectivity index (χ1) is 14.4. The van der Waals surface area contributed by atoms with Crippen LogP contribution in [0.5, 0.6) is 11.5 Å². The van der Waals surface area contributed by atoms with Gasteiger partial charge in [0.05, 0.1) is 0 Å². The van der Waals surface area contributed by atoms with Gasteiger partial charge in [-0.3, -0.25) is 4.55 Å². The minimum absolute atomic E-state index is 0. The van der Waals surface area contributed by atoms with Crippen LogP contribution in [-0.2, 0) is 16.5 Å². The van der Waals surface area contributed by atoms with Crippen LogP contribution in [0.2, 0.25) is 0 Å². The second kappa shape index (κ2) is 18.8. The third-order valence-electron chi connectivity index (χ3n) is 5.75. The molecule has 1 aromatic carbocycles. The molecular formula is C24H43KO5S. The van der Waals surface area contributed by atoms with Gasteiger partial charge in [0.15, 0.2) is 0 Å². The molecule has 0 aromatic heterocycles. The zero-order valence-corrected chi connectivity index (χ0v) is 19.6. The van der Waals surface area contributed by atoms with Crippen molar-refractivity contribution in [1.82, 2.24) is 0 Å². The van der Waals surface area contributed by atoms with E-state index in [4.69, 9.17) is 0 Å². The molecule has 0 aliphatic heterocycles. The quantitative estimate of drug-likeness (QED) is 0.0960. The van der Waals surface area contributed by atoms with Gasteiger partial charge < -0.3 is 10.2 Å². The maximum absolute atomic E-state index is 11.5. The van der Waals surface area contributed by atoms with Crippen LogP contribution in [-0.4, -0.2) is 74.6 Å². The molecule has 0 heterocycles. The van der Waals surface area contributed by atoms with Crippen molar-refractivity contribution in [2.24, 2.45) is 0 Å². The Morgan fingerprint density at radius 2 is 1.00 bits per heavy atom. The van der Waals surface area contributed by atoms with Crippen LogP contribution in [0.4, 0.5) is 0 Å². The monoisotopic (exact) mass is 482 g/mol. The van der Waals surface area contributed by atoms with E-state index < -0.39 is 20.8 Å². The molecule has 0 fully saturated rings. The van der Waals surface area contributed by atoms with Crippen molar-refractivity contribution in [2.75, 3.05) is 0 Å². The van der Waals surface area contributed by atoms with Crippen molar-refractivity contribution in [3.8, 4) is 11.5 Å². The van der Waals surface area contributed by atoms with Crippen molar-refractivity contribution >= 4 is 61.5 Å². The molecule has 31 heavy (non-hydrogen) atoms. The van der Waals surface area contributed by atoms with Crippen LogP contribution >= 0.6 is 0 Å². The van der Waals surface area contributed by atoms with Gasteiger partial charge in [0.1, 0.15) is 16.4 Å². The minimum atomic E-state index is -4.57. The first-order valence-corrected chi connectivity index (χ1v) is 13.3. The van der Waals surface area contributed by atoms with Gasteiger partial charge in [-0.2, -0.15) is 8.42 Å². The van der Waals surface area contributed by atoms with E-state index in [2.05, 4.69) is 6.92 Å². The first-order valence-electron chi connectivity index (χ1n) is 11.9. The fourth-order valence-corrected chi connectivity index (χ4v) is 4.83. The molecule has 5 nitrogen and oxygen atoms in total. The summed E-state index contributed by atoms with van der Waals surface area (Å²) in [5.74, 6) is -0.733. The normalized spacial score (nSPS) is 11.4. The van der Waals surface area contributed by atoms with Crippen LogP contribution in [0.3, 0.4) is 0 Å². The Kier molecular flexibility index (Phi) is 19.0. The summed E-state index contributed by atoms with van der Waals surface area (Å²) in [6, 6.07) is 2.33. The zero-order chi connectivity index (χ0) is 22.2. The molecular weight excluding hydrogens is 439 g/mol. The number of benzene rings is 1. The zero-order valence-electron chi connectivity index (χ0n) is 18.7. The summed E-state index contributed by atoms with van der Waals surface area (Å²) in [4.78, 5) is -0.566. The van der Waals surface area contributed by atoms with Crippen molar-refractivity contribution < 1.29 is 23.2 Å². The Labute approximate surface area is 232 Å². The van der Waals surface area contributed by atoms with Gasteiger partial charge >= 0.3 is 51.4 Å². The van der Waals surface area contributed by atoms with Crippen LogP contribution in [0, 0.1) is 0 Å². The van der Waals surface area contributed by atoms with E-state index in [0.717, 1.165) is 25.3 Å². The molecule has 7 heteroatoms. The van der Waals surface area contributed by atoms with E-state index in [1.165, 1.54) is 83.1 Å². The molecule has 0 bridgehead atoms. The van der Waals surface area contributed by atoms with E-state index in [0.29, 0.717) is 12.8 Å². The fraction of sp³-hybridized carbons (Fsp3) is 0.750. The Bertz CT molecular complexity index is 691. The number of rotatable bonds is 18. The summed E-state index contributed by atoms with van der Waals surface area (Å²) < 4.78 is 32.3. The first kappa shape index (κ1) is 31.4. The van der Waals surface area contributed by atoms with E-state index in [-0.39, 0.29) is 62.7 Å². The molecule has 0 aliphatic rings. The number of phenolic OH excluding ortho intramolecular Hbond substituents is 2. The van der Waals surface area contributed by atoms with Gasteiger partial charge in [0, 0.05) is 5.56 Å². The molecule has 0 saturated heterocycles. The predicted octanol–water partition coefficient (Wildman–Crippen LogP) is 6.50. The Morgan fingerprint density at radius 1 is 0.645 bits per heavy atom. The molecule has 3 N–H and O–H groups in total. The molecule has 0 spiro atoms. The van der Waals surface area contributed by atoms with Gasteiger partial charge in [-0.1, -0.05) is 103 Å². The molecule has 0 atom stereocenters. The molecule has 0 amide bonds. The predicted molar refractivity (Wildman–Crippen MR) is 130 cm³/mol. The van der Waals surface area contributed by atoms with Gasteiger partial charge in [0.25, 0.3) is 10.1 Å². The number of unbranched alkanes of at least 4 members (excludes halogenated alkanes) is 15. The van der Waals surface area contributed by atoms with Crippen LogP contribution in [0.15, 0.2) is 17.0 Å². The molecule has 1 rings (SSSR count). The second-order valence-corrected chi connectivity index (χ2v) is 9.80. The van der Waals surface area contributed by atoms with E-state index in [1.807, 2.05) is 0 Å². The van der Waals surface area contributed by atoms with Crippen LogP contribution in [0.25, 0.3) is 0 Å². The summed E-state index contributed by atoms with van der Waals surface area (Å²) in [5, 5.41) is 19.7. The topological polar surface area (TPSA) is 94.8 Å². The standard InChI is InChI=1S/C24H42O5S.K.H/c1-2-3-4-5-6-7-8-9-10-11-12-13-14-15-16-17-18-21-22(25)19-20-23(26)24(21)30(27,28)29;;/h19-20,25-26H,2-18H2,1H3,(H,27,28,29);;. The number of aromatic hydroxyl groups is 2. The summed E-state index contributed by atoms with van der Waals surface area (Å²) >= 11 is 0. The number of hydrogen-bond acceptors (Lipinski definition) is 4. The second-order valence-electron chi connectivity index (χ2n) is 8.44. The van der Waals surface area contributed by atoms with Gasteiger partial charge in [0.2, 0.25) is 0 Å². The summed E-state index contributed by atoms with van der Waals surface area (Å²) in [5.41, 5.74) is 0.0999. The molecule has 1 aromatic rings. The Hall–Kier alpha value is 0.366. The van der Waals surface area contributed by atoms with E-state index in [9.17, 15) is 23.2 Å². The average molecular weight is 483 g/mol. The number of hydrogen-bond donors (Lipinski definition) is 3. The Morgan fingerprint density at radius 3 is 1.39 bits per heavy atom. The van der Waals surface area contributed by atoms with Crippen molar-refractivity contribution in [1.29, 1.82) is 0 Å². The molecule has 0 radical (unpaired) electrons. The number of phenols is 2. The molecule has 0 saturated carbocycles. The van der Waals surface area contributed by atoms with Crippen molar-refractivity contribution in [3.05, 3.63) is 17.7 Å². The van der Waals surface area contributed by atoms with E-state index >= 15 is 0 Å². The maximum atomic E-state index is 11.5. The Balaban J connectivity index is 0.00000900. The molecule has 0 unspecified atom stereocenters.